The van der Waals surface area contributed by atoms with Gasteiger partial charge < -0.3 is 5.11 Å². The Hall–Kier alpha value is -1.75. The summed E-state index contributed by atoms with van der Waals surface area (Å²) in [6.45, 7) is 0. The summed E-state index contributed by atoms with van der Waals surface area (Å²) in [6.07, 6.45) is 0.658. The van der Waals surface area contributed by atoms with Crippen LogP contribution < -0.4 is 0 Å². The molecule has 1 aromatic heterocycles. The zero-order valence-corrected chi connectivity index (χ0v) is 10.2. The lowest BCUT2D eigenvalue weighted by molar-refractivity contribution is -0.138. The summed E-state index contributed by atoms with van der Waals surface area (Å²) in [7, 11) is 0. The van der Waals surface area contributed by atoms with Gasteiger partial charge >= 0.3 is 5.97 Å². The van der Waals surface area contributed by atoms with Crippen molar-refractivity contribution in [3.63, 3.8) is 0 Å². The van der Waals surface area contributed by atoms with Gasteiger partial charge in [-0.2, -0.15) is 0 Å². The highest BCUT2D eigenvalue weighted by atomic mass is 32.1. The lowest BCUT2D eigenvalue weighted by Crippen LogP contribution is -1.98. The third-order valence-corrected chi connectivity index (χ3v) is 4.04. The van der Waals surface area contributed by atoms with E-state index in [4.69, 9.17) is 5.11 Å². The van der Waals surface area contributed by atoms with E-state index in [1.807, 2.05) is 5.38 Å². The van der Waals surface area contributed by atoms with Crippen molar-refractivity contribution in [2.75, 3.05) is 0 Å². The van der Waals surface area contributed by atoms with Crippen LogP contribution in [0.3, 0.4) is 0 Å². The summed E-state index contributed by atoms with van der Waals surface area (Å²) < 4.78 is 13.1. The van der Waals surface area contributed by atoms with E-state index in [2.05, 4.69) is 4.98 Å². The molecule has 3 rings (SSSR count). The van der Waals surface area contributed by atoms with Crippen molar-refractivity contribution in [2.45, 2.75) is 12.3 Å². The summed E-state index contributed by atoms with van der Waals surface area (Å²) in [5.41, 5.74) is 1.44. The number of carboxylic acids is 1. The quantitative estimate of drug-likeness (QED) is 0.925. The van der Waals surface area contributed by atoms with E-state index < -0.39 is 5.97 Å². The van der Waals surface area contributed by atoms with E-state index in [-0.39, 0.29) is 17.7 Å². The van der Waals surface area contributed by atoms with Gasteiger partial charge in [-0.1, -0.05) is 12.1 Å². The molecule has 2 aromatic rings. The summed E-state index contributed by atoms with van der Waals surface area (Å²) in [5, 5.41) is 11.6. The number of rotatable bonds is 3. The van der Waals surface area contributed by atoms with Crippen LogP contribution >= 0.6 is 11.3 Å². The number of carboxylic acid groups (broad SMARTS) is 1. The predicted molar refractivity (Wildman–Crippen MR) is 66.0 cm³/mol. The van der Waals surface area contributed by atoms with Crippen LogP contribution in [0.5, 0.6) is 0 Å². The van der Waals surface area contributed by atoms with E-state index >= 15 is 0 Å². The van der Waals surface area contributed by atoms with Gasteiger partial charge in [-0.15, -0.1) is 11.3 Å². The lowest BCUT2D eigenvalue weighted by atomic mass is 10.2. The minimum absolute atomic E-state index is 0.0369. The first-order chi connectivity index (χ1) is 8.65. The molecule has 0 radical (unpaired) electrons. The first kappa shape index (κ1) is 11.3. The maximum atomic E-state index is 13.1. The van der Waals surface area contributed by atoms with Gasteiger partial charge in [0.15, 0.2) is 0 Å². The Morgan fingerprint density at radius 3 is 3.00 bits per heavy atom. The third kappa shape index (κ3) is 2.01. The van der Waals surface area contributed by atoms with Crippen LogP contribution in [0.15, 0.2) is 29.6 Å². The van der Waals surface area contributed by atoms with Gasteiger partial charge in [0.2, 0.25) is 0 Å². The monoisotopic (exact) mass is 263 g/mol. The third-order valence-electron chi connectivity index (χ3n) is 3.07. The minimum atomic E-state index is -0.762. The molecule has 0 bridgehead atoms. The average Bonchev–Trinajstić information content (AvgIpc) is 3.00. The first-order valence-corrected chi connectivity index (χ1v) is 6.47. The molecule has 1 aromatic carbocycles. The molecule has 3 nitrogen and oxygen atoms in total. The Kier molecular flexibility index (Phi) is 2.63. The molecule has 1 aliphatic rings. The molecule has 0 spiro atoms. The Bertz CT molecular complexity index is 611. The van der Waals surface area contributed by atoms with Crippen LogP contribution in [0.1, 0.15) is 17.3 Å². The minimum Gasteiger partial charge on any atom is -0.481 e. The average molecular weight is 263 g/mol. The van der Waals surface area contributed by atoms with E-state index in [1.54, 1.807) is 12.1 Å². The Morgan fingerprint density at radius 2 is 2.33 bits per heavy atom. The summed E-state index contributed by atoms with van der Waals surface area (Å²) in [6, 6.07) is 6.25. The van der Waals surface area contributed by atoms with Gasteiger partial charge in [-0.25, -0.2) is 9.37 Å². The van der Waals surface area contributed by atoms with Crippen LogP contribution in [0.2, 0.25) is 0 Å². The van der Waals surface area contributed by atoms with Crippen molar-refractivity contribution in [1.82, 2.24) is 4.98 Å². The SMILES string of the molecule is O=C(O)C1CC1c1nc(-c2cccc(F)c2)cs1. The van der Waals surface area contributed by atoms with Crippen molar-refractivity contribution >= 4 is 17.3 Å². The van der Waals surface area contributed by atoms with Crippen LogP contribution in [-0.4, -0.2) is 16.1 Å². The predicted octanol–water partition coefficient (Wildman–Crippen LogP) is 3.14. The van der Waals surface area contributed by atoms with Crippen LogP contribution in [-0.2, 0) is 4.79 Å². The van der Waals surface area contributed by atoms with Gasteiger partial charge in [-0.3, -0.25) is 4.79 Å². The van der Waals surface area contributed by atoms with Crippen molar-refractivity contribution in [3.05, 3.63) is 40.5 Å². The molecule has 5 heteroatoms. The Balaban J connectivity index is 1.84. The van der Waals surface area contributed by atoms with Crippen molar-refractivity contribution in [3.8, 4) is 11.3 Å². The normalized spacial score (nSPS) is 21.8. The molecular weight excluding hydrogens is 253 g/mol. The van der Waals surface area contributed by atoms with Gasteiger partial charge in [0.25, 0.3) is 0 Å². The fourth-order valence-electron chi connectivity index (χ4n) is 1.98. The zero-order valence-electron chi connectivity index (χ0n) is 9.34. The molecule has 1 heterocycles. The molecule has 18 heavy (non-hydrogen) atoms. The van der Waals surface area contributed by atoms with Crippen LogP contribution in [0.25, 0.3) is 11.3 Å². The fourth-order valence-corrected chi connectivity index (χ4v) is 2.99. The second-order valence-electron chi connectivity index (χ2n) is 4.37. The topological polar surface area (TPSA) is 50.2 Å². The van der Waals surface area contributed by atoms with E-state index in [9.17, 15) is 9.18 Å². The number of halogens is 1. The smallest absolute Gasteiger partial charge is 0.307 e. The van der Waals surface area contributed by atoms with Crippen molar-refractivity contribution < 1.29 is 14.3 Å². The number of aliphatic carboxylic acids is 1. The highest BCUT2D eigenvalue weighted by molar-refractivity contribution is 7.10. The van der Waals surface area contributed by atoms with Gasteiger partial charge in [0.1, 0.15) is 5.82 Å². The van der Waals surface area contributed by atoms with Crippen molar-refractivity contribution in [2.24, 2.45) is 5.92 Å². The Morgan fingerprint density at radius 1 is 1.50 bits per heavy atom. The van der Waals surface area contributed by atoms with Crippen LogP contribution in [0, 0.1) is 11.7 Å². The molecule has 2 unspecified atom stereocenters. The highest BCUT2D eigenvalue weighted by Crippen LogP contribution is 2.49. The van der Waals surface area contributed by atoms with E-state index in [0.717, 1.165) is 10.6 Å². The molecule has 0 aliphatic heterocycles. The number of hydrogen-bond acceptors (Lipinski definition) is 3. The Labute approximate surface area is 107 Å². The molecule has 0 saturated heterocycles. The molecule has 92 valence electrons. The lowest BCUT2D eigenvalue weighted by Gasteiger charge is -1.96. The number of carbonyl (C=O) groups is 1. The van der Waals surface area contributed by atoms with Gasteiger partial charge in [0, 0.05) is 16.9 Å². The molecule has 1 saturated carbocycles. The molecule has 0 amide bonds. The second-order valence-corrected chi connectivity index (χ2v) is 5.26. The number of nitrogens with zero attached hydrogens (tertiary/aromatic N) is 1. The fraction of sp³-hybridized carbons (Fsp3) is 0.231. The molecule has 2 atom stereocenters. The second kappa shape index (κ2) is 4.17. The van der Waals surface area contributed by atoms with E-state index in [1.165, 1.54) is 23.5 Å². The van der Waals surface area contributed by atoms with Crippen LogP contribution in [0.4, 0.5) is 4.39 Å². The summed E-state index contributed by atoms with van der Waals surface area (Å²) in [4.78, 5) is 15.2. The largest absolute Gasteiger partial charge is 0.481 e. The van der Waals surface area contributed by atoms with E-state index in [0.29, 0.717) is 12.1 Å². The molecular formula is C13H10FNO2S. The zero-order chi connectivity index (χ0) is 12.7. The summed E-state index contributed by atoms with van der Waals surface area (Å²) >= 11 is 1.45. The number of thiazole rings is 1. The number of aromatic nitrogens is 1. The standard InChI is InChI=1S/C13H10FNO2S/c14-8-3-1-2-7(4-8)11-6-18-12(15-11)9-5-10(9)13(16)17/h1-4,6,9-10H,5H2,(H,16,17). The molecule has 1 aliphatic carbocycles. The van der Waals surface area contributed by atoms with Gasteiger partial charge in [-0.05, 0) is 18.6 Å². The first-order valence-electron chi connectivity index (χ1n) is 5.59. The molecule has 1 N–H and O–H groups in total. The maximum absolute atomic E-state index is 13.1. The van der Waals surface area contributed by atoms with Crippen molar-refractivity contribution in [1.29, 1.82) is 0 Å². The number of hydrogen-bond donors (Lipinski definition) is 1. The van der Waals surface area contributed by atoms with Gasteiger partial charge in [0.05, 0.1) is 16.6 Å². The highest BCUT2D eigenvalue weighted by Gasteiger charge is 2.46. The number of benzene rings is 1. The molecule has 1 fully saturated rings. The summed E-state index contributed by atoms with van der Waals surface area (Å²) in [5.74, 6) is -1.31. The maximum Gasteiger partial charge on any atom is 0.307 e.